The molecule has 30 heavy (non-hydrogen) atoms. The molecule has 1 atom stereocenters. The molecule has 2 aromatic heterocycles. The zero-order valence-electron chi connectivity index (χ0n) is 16.4. The van der Waals surface area contributed by atoms with Gasteiger partial charge in [0.2, 0.25) is 0 Å². The van der Waals surface area contributed by atoms with Crippen molar-refractivity contribution in [1.82, 2.24) is 14.9 Å². The lowest BCUT2D eigenvalue weighted by atomic mass is 10.1. The molecule has 0 radical (unpaired) electrons. The van der Waals surface area contributed by atoms with E-state index in [1.165, 1.54) is 5.56 Å². The summed E-state index contributed by atoms with van der Waals surface area (Å²) in [5, 5.41) is 3.10. The van der Waals surface area contributed by atoms with Crippen LogP contribution in [0, 0.1) is 0 Å². The molecule has 1 amide bonds. The average molecular weight is 395 g/mol. The third-order valence-corrected chi connectivity index (χ3v) is 5.28. The fourth-order valence-corrected chi connectivity index (χ4v) is 3.82. The summed E-state index contributed by atoms with van der Waals surface area (Å²) in [5.41, 5.74) is 4.60. The van der Waals surface area contributed by atoms with Crippen molar-refractivity contribution < 1.29 is 9.53 Å². The first-order valence-corrected chi connectivity index (χ1v) is 9.97. The van der Waals surface area contributed by atoms with Gasteiger partial charge in [-0.2, -0.15) is 0 Å². The monoisotopic (exact) mass is 395 g/mol. The predicted molar refractivity (Wildman–Crippen MR) is 115 cm³/mol. The second-order valence-corrected chi connectivity index (χ2v) is 7.32. The number of ether oxygens (including phenoxy) is 1. The second-order valence-electron chi connectivity index (χ2n) is 7.32. The van der Waals surface area contributed by atoms with Crippen molar-refractivity contribution in [3.8, 4) is 11.4 Å². The van der Waals surface area contributed by atoms with Crippen LogP contribution in [0.5, 0.6) is 5.75 Å². The molecule has 148 valence electrons. The number of carbonyl (C=O) groups is 1. The maximum absolute atomic E-state index is 13.0. The van der Waals surface area contributed by atoms with Gasteiger partial charge in [-0.1, -0.05) is 42.5 Å². The van der Waals surface area contributed by atoms with Crippen molar-refractivity contribution >= 4 is 5.91 Å². The first-order valence-electron chi connectivity index (χ1n) is 9.97. The van der Waals surface area contributed by atoms with Gasteiger partial charge in [0.25, 0.3) is 5.91 Å². The Balaban J connectivity index is 1.37. The van der Waals surface area contributed by atoms with Crippen LogP contribution in [0.4, 0.5) is 0 Å². The number of nitrogens with zero attached hydrogens (tertiary/aromatic N) is 2. The van der Waals surface area contributed by atoms with Gasteiger partial charge in [-0.3, -0.25) is 9.78 Å². The van der Waals surface area contributed by atoms with E-state index in [1.807, 2.05) is 72.9 Å². The average Bonchev–Trinajstić information content (AvgIpc) is 3.22. The molecule has 1 aliphatic heterocycles. The van der Waals surface area contributed by atoms with Crippen molar-refractivity contribution in [3.05, 3.63) is 114 Å². The highest BCUT2D eigenvalue weighted by atomic mass is 16.5. The van der Waals surface area contributed by atoms with Crippen LogP contribution in [0.3, 0.4) is 0 Å². The zero-order chi connectivity index (χ0) is 20.3. The minimum atomic E-state index is -0.278. The lowest BCUT2D eigenvalue weighted by Crippen LogP contribution is -2.33. The first kappa shape index (κ1) is 18.2. The number of aromatic nitrogens is 2. The van der Waals surface area contributed by atoms with Crippen molar-refractivity contribution in [2.75, 3.05) is 6.61 Å². The van der Waals surface area contributed by atoms with Gasteiger partial charge < -0.3 is 14.6 Å². The Labute approximate surface area is 175 Å². The lowest BCUT2D eigenvalue weighted by molar-refractivity contribution is 0.0916. The van der Waals surface area contributed by atoms with Crippen LogP contribution in [0.15, 0.2) is 91.3 Å². The molecule has 0 fully saturated rings. The molecule has 0 saturated heterocycles. The maximum atomic E-state index is 13.0. The number of rotatable bonds is 4. The van der Waals surface area contributed by atoms with Crippen molar-refractivity contribution in [2.24, 2.45) is 0 Å². The zero-order valence-corrected chi connectivity index (χ0v) is 16.4. The number of carbonyl (C=O) groups excluding carboxylic acids is 1. The fraction of sp³-hybridized carbons (Fsp3) is 0.120. The predicted octanol–water partition coefficient (Wildman–Crippen LogP) is 4.33. The number of para-hydroxylation sites is 2. The van der Waals surface area contributed by atoms with Crippen molar-refractivity contribution in [1.29, 1.82) is 0 Å². The minimum absolute atomic E-state index is 0.211. The van der Waals surface area contributed by atoms with E-state index in [1.54, 1.807) is 6.20 Å². The SMILES string of the molecule is O=C(NC1COc2ccccc2-n2cccc21)c1cc(Cc2ccccc2)ccn1. The Morgan fingerprint density at radius 1 is 1.00 bits per heavy atom. The largest absolute Gasteiger partial charge is 0.489 e. The van der Waals surface area contributed by atoms with Gasteiger partial charge in [0.1, 0.15) is 24.1 Å². The molecule has 1 unspecified atom stereocenters. The number of nitrogens with one attached hydrogen (secondary N) is 1. The topological polar surface area (TPSA) is 56.1 Å². The van der Waals surface area contributed by atoms with Gasteiger partial charge >= 0.3 is 0 Å². The standard InChI is InChI=1S/C25H21N3O2/c29-25(20-16-19(12-13-26-20)15-18-7-2-1-3-8-18)27-21-17-30-24-11-5-4-9-23(24)28-14-6-10-22(21)28/h1-14,16,21H,15,17H2,(H,27,29). The molecule has 0 spiro atoms. The van der Waals surface area contributed by atoms with Crippen LogP contribution >= 0.6 is 0 Å². The normalized spacial score (nSPS) is 14.7. The lowest BCUT2D eigenvalue weighted by Gasteiger charge is -2.17. The van der Waals surface area contributed by atoms with Gasteiger partial charge in [-0.05, 0) is 53.9 Å². The molecule has 0 aliphatic carbocycles. The number of pyridine rings is 1. The highest BCUT2D eigenvalue weighted by molar-refractivity contribution is 5.92. The van der Waals surface area contributed by atoms with E-state index in [9.17, 15) is 4.79 Å². The maximum Gasteiger partial charge on any atom is 0.270 e. The van der Waals surface area contributed by atoms with Gasteiger partial charge in [-0.15, -0.1) is 0 Å². The van der Waals surface area contributed by atoms with Crippen LogP contribution in [0.25, 0.3) is 5.69 Å². The molecule has 3 heterocycles. The molecule has 4 aromatic rings. The number of amides is 1. The molecular weight excluding hydrogens is 374 g/mol. The Morgan fingerprint density at radius 2 is 1.83 bits per heavy atom. The van der Waals surface area contributed by atoms with E-state index in [0.717, 1.165) is 29.1 Å². The van der Waals surface area contributed by atoms with Gasteiger partial charge in [0, 0.05) is 18.1 Å². The summed E-state index contributed by atoms with van der Waals surface area (Å²) in [6, 6.07) is 25.6. The summed E-state index contributed by atoms with van der Waals surface area (Å²) in [6.07, 6.45) is 4.43. The summed E-state index contributed by atoms with van der Waals surface area (Å²) in [4.78, 5) is 17.3. The molecule has 5 nitrogen and oxygen atoms in total. The Hall–Kier alpha value is -3.86. The minimum Gasteiger partial charge on any atom is -0.489 e. The fourth-order valence-electron chi connectivity index (χ4n) is 3.82. The second kappa shape index (κ2) is 7.87. The van der Waals surface area contributed by atoms with Crippen LogP contribution < -0.4 is 10.1 Å². The highest BCUT2D eigenvalue weighted by Gasteiger charge is 2.25. The van der Waals surface area contributed by atoms with Crippen LogP contribution in [0.1, 0.15) is 33.4 Å². The van der Waals surface area contributed by atoms with Gasteiger partial charge in [0.05, 0.1) is 5.69 Å². The van der Waals surface area contributed by atoms with E-state index in [2.05, 4.69) is 27.0 Å². The van der Waals surface area contributed by atoms with Gasteiger partial charge in [-0.25, -0.2) is 0 Å². The molecule has 5 heteroatoms. The van der Waals surface area contributed by atoms with Crippen molar-refractivity contribution in [3.63, 3.8) is 0 Å². The van der Waals surface area contributed by atoms with Gasteiger partial charge in [0.15, 0.2) is 0 Å². The number of hydrogen-bond donors (Lipinski definition) is 1. The highest BCUT2D eigenvalue weighted by Crippen LogP contribution is 2.31. The first-order chi connectivity index (χ1) is 14.8. The van der Waals surface area contributed by atoms with Crippen LogP contribution in [-0.2, 0) is 6.42 Å². The molecule has 2 aromatic carbocycles. The smallest absolute Gasteiger partial charge is 0.270 e. The Morgan fingerprint density at radius 3 is 2.73 bits per heavy atom. The quantitative estimate of drug-likeness (QED) is 0.560. The number of benzene rings is 2. The summed E-state index contributed by atoms with van der Waals surface area (Å²) in [6.45, 7) is 0.358. The van der Waals surface area contributed by atoms with E-state index < -0.39 is 0 Å². The number of fused-ring (bicyclic) bond motifs is 3. The number of hydrogen-bond acceptors (Lipinski definition) is 3. The third-order valence-electron chi connectivity index (χ3n) is 5.28. The summed E-state index contributed by atoms with van der Waals surface area (Å²) in [7, 11) is 0. The van der Waals surface area contributed by atoms with E-state index in [-0.39, 0.29) is 11.9 Å². The summed E-state index contributed by atoms with van der Waals surface area (Å²) in [5.74, 6) is 0.590. The molecular formula is C25H21N3O2. The van der Waals surface area contributed by atoms with E-state index in [4.69, 9.17) is 4.74 Å². The third kappa shape index (κ3) is 3.57. The van der Waals surface area contributed by atoms with E-state index >= 15 is 0 Å². The molecule has 0 saturated carbocycles. The van der Waals surface area contributed by atoms with Crippen LogP contribution in [0.2, 0.25) is 0 Å². The molecule has 5 rings (SSSR count). The Kier molecular flexibility index (Phi) is 4.77. The molecule has 1 aliphatic rings. The molecule has 0 bridgehead atoms. The van der Waals surface area contributed by atoms with E-state index in [0.29, 0.717) is 12.3 Å². The van der Waals surface area contributed by atoms with Crippen molar-refractivity contribution in [2.45, 2.75) is 12.5 Å². The summed E-state index contributed by atoms with van der Waals surface area (Å²) < 4.78 is 8.05. The summed E-state index contributed by atoms with van der Waals surface area (Å²) >= 11 is 0. The van der Waals surface area contributed by atoms with Crippen LogP contribution in [-0.4, -0.2) is 22.1 Å². The molecule has 1 N–H and O–H groups in total. The Bertz CT molecular complexity index is 1180.